The largest absolute Gasteiger partial charge is 0.394 e. The maximum Gasteiger partial charge on any atom is 0.319 e. The van der Waals surface area contributed by atoms with Crippen molar-refractivity contribution in [2.75, 3.05) is 18.5 Å². The van der Waals surface area contributed by atoms with Crippen LogP contribution in [-0.4, -0.2) is 53.6 Å². The van der Waals surface area contributed by atoms with Gasteiger partial charge in [0.15, 0.2) is 5.76 Å². The molecule has 9 nitrogen and oxygen atoms in total. The molecule has 1 aromatic rings. The van der Waals surface area contributed by atoms with E-state index in [1.54, 1.807) is 13.8 Å². The Bertz CT molecular complexity index is 653. The predicted octanol–water partition coefficient (Wildman–Crippen LogP) is 1.24. The van der Waals surface area contributed by atoms with E-state index in [2.05, 4.69) is 21.1 Å². The van der Waals surface area contributed by atoms with Crippen LogP contribution in [0.2, 0.25) is 0 Å². The molecule has 0 radical (unpaired) electrons. The molecule has 0 aromatic carbocycles. The van der Waals surface area contributed by atoms with Crippen molar-refractivity contribution in [3.8, 4) is 0 Å². The van der Waals surface area contributed by atoms with Crippen LogP contribution < -0.4 is 16.0 Å². The first kappa shape index (κ1) is 19.6. The zero-order valence-corrected chi connectivity index (χ0v) is 15.8. The number of aliphatic hydroxyl groups is 1. The van der Waals surface area contributed by atoms with Crippen molar-refractivity contribution in [1.29, 1.82) is 0 Å². The summed E-state index contributed by atoms with van der Waals surface area (Å²) in [4.78, 5) is 23.9. The van der Waals surface area contributed by atoms with Crippen LogP contribution in [0.4, 0.5) is 10.5 Å². The molecule has 3 atom stereocenters. The number of nitrogens with one attached hydrogen (secondary N) is 3. The lowest BCUT2D eigenvalue weighted by molar-refractivity contribution is -0.122. The Morgan fingerprint density at radius 3 is 2.63 bits per heavy atom. The first-order chi connectivity index (χ1) is 13.0. The van der Waals surface area contributed by atoms with Gasteiger partial charge in [0.25, 0.3) is 0 Å². The molecule has 3 amide bonds. The predicted molar refractivity (Wildman–Crippen MR) is 97.3 cm³/mol. The highest BCUT2D eigenvalue weighted by molar-refractivity contribution is 5.90. The van der Waals surface area contributed by atoms with Crippen LogP contribution in [0.3, 0.4) is 0 Å². The van der Waals surface area contributed by atoms with Gasteiger partial charge in [-0.2, -0.15) is 0 Å². The molecule has 4 N–H and O–H groups in total. The van der Waals surface area contributed by atoms with E-state index in [9.17, 15) is 14.7 Å². The number of carbonyl (C=O) groups excluding carboxylic acids is 2. The molecule has 9 heteroatoms. The molecule has 2 fully saturated rings. The summed E-state index contributed by atoms with van der Waals surface area (Å²) in [6.07, 6.45) is 3.62. The van der Waals surface area contributed by atoms with Crippen LogP contribution in [0.25, 0.3) is 0 Å². The van der Waals surface area contributed by atoms with Gasteiger partial charge in [-0.15, -0.1) is 0 Å². The van der Waals surface area contributed by atoms with Gasteiger partial charge in [-0.05, 0) is 46.0 Å². The van der Waals surface area contributed by atoms with Crippen LogP contribution in [-0.2, 0) is 9.53 Å². The summed E-state index contributed by atoms with van der Waals surface area (Å²) in [5.41, 5.74) is 1.16. The number of carbonyl (C=O) groups is 2. The maximum atomic E-state index is 12.3. The topological polar surface area (TPSA) is 126 Å². The number of aliphatic hydroxyl groups excluding tert-OH is 1. The number of aryl methyl sites for hydroxylation is 2. The number of nitrogens with zero attached hydrogens (tertiary/aromatic N) is 1. The Morgan fingerprint density at radius 2 is 2.00 bits per heavy atom. The van der Waals surface area contributed by atoms with Crippen molar-refractivity contribution in [1.82, 2.24) is 15.8 Å². The number of ether oxygens (including phenoxy) is 1. The molecular formula is C18H28N4O5. The average Bonchev–Trinajstić information content (AvgIpc) is 3.45. The lowest BCUT2D eigenvalue weighted by Gasteiger charge is -2.36. The molecule has 2 heterocycles. The van der Waals surface area contributed by atoms with Crippen LogP contribution in [0.15, 0.2) is 4.52 Å². The molecule has 0 spiro atoms. The molecule has 1 aromatic heterocycles. The van der Waals surface area contributed by atoms with Gasteiger partial charge in [0, 0.05) is 12.5 Å². The van der Waals surface area contributed by atoms with Gasteiger partial charge in [-0.1, -0.05) is 5.16 Å². The Hall–Kier alpha value is -2.13. The van der Waals surface area contributed by atoms with Crippen molar-refractivity contribution >= 4 is 17.6 Å². The molecule has 1 aliphatic carbocycles. The van der Waals surface area contributed by atoms with Gasteiger partial charge in [-0.3, -0.25) is 4.79 Å². The molecule has 150 valence electrons. The minimum absolute atomic E-state index is 0.0367. The Morgan fingerprint density at radius 1 is 1.22 bits per heavy atom. The fourth-order valence-electron chi connectivity index (χ4n) is 3.33. The third kappa shape index (κ3) is 5.20. The van der Waals surface area contributed by atoms with Crippen molar-refractivity contribution < 1.29 is 24.0 Å². The quantitative estimate of drug-likeness (QED) is 0.564. The lowest BCUT2D eigenvalue weighted by atomic mass is 9.97. The summed E-state index contributed by atoms with van der Waals surface area (Å²) in [7, 11) is 0. The van der Waals surface area contributed by atoms with Crippen molar-refractivity contribution in [3.05, 3.63) is 11.5 Å². The molecule has 0 unspecified atom stereocenters. The fourth-order valence-corrected chi connectivity index (χ4v) is 3.33. The second kappa shape index (κ2) is 8.71. The third-order valence-electron chi connectivity index (χ3n) is 5.10. The highest BCUT2D eigenvalue weighted by Crippen LogP contribution is 2.29. The highest BCUT2D eigenvalue weighted by atomic mass is 16.5. The van der Waals surface area contributed by atoms with Crippen molar-refractivity contribution in [2.24, 2.45) is 5.92 Å². The smallest absolute Gasteiger partial charge is 0.319 e. The molecule has 2 aliphatic rings. The number of rotatable bonds is 7. The molecule has 0 bridgehead atoms. The standard InChI is InChI=1S/C18H28N4O5/c1-10-16(11(2)27-22-10)21-18(25)20-14-6-5-13(26-15(14)9-23)7-8-19-17(24)12-3-4-12/h12-15,23H,3-9H2,1-2H3,(H,19,24)(H2,20,21,25)/t13-,14+,15-/m1/s1. The fraction of sp³-hybridized carbons (Fsp3) is 0.722. The number of amides is 3. The summed E-state index contributed by atoms with van der Waals surface area (Å²) in [6.45, 7) is 3.87. The normalized spacial score (nSPS) is 25.1. The SMILES string of the molecule is Cc1noc(C)c1NC(=O)N[C@H]1CC[C@H](CCNC(=O)C2CC2)O[C@@H]1CO. The highest BCUT2D eigenvalue weighted by Gasteiger charge is 2.33. The second-order valence-corrected chi connectivity index (χ2v) is 7.31. The van der Waals surface area contributed by atoms with E-state index < -0.39 is 6.10 Å². The number of anilines is 1. The number of urea groups is 1. The van der Waals surface area contributed by atoms with Gasteiger partial charge in [0.1, 0.15) is 17.5 Å². The second-order valence-electron chi connectivity index (χ2n) is 7.31. The number of hydrogen-bond acceptors (Lipinski definition) is 6. The van der Waals surface area contributed by atoms with Gasteiger partial charge >= 0.3 is 6.03 Å². The monoisotopic (exact) mass is 380 g/mol. The minimum atomic E-state index is -0.474. The maximum absolute atomic E-state index is 12.3. The van der Waals surface area contributed by atoms with Gasteiger partial charge in [0.05, 0.1) is 18.8 Å². The number of hydrogen-bond donors (Lipinski definition) is 4. The van der Waals surface area contributed by atoms with E-state index >= 15 is 0 Å². The van der Waals surface area contributed by atoms with E-state index in [4.69, 9.17) is 9.26 Å². The first-order valence-electron chi connectivity index (χ1n) is 9.52. The average molecular weight is 380 g/mol. The van der Waals surface area contributed by atoms with Crippen LogP contribution >= 0.6 is 0 Å². The Kier molecular flexibility index (Phi) is 6.33. The number of aromatic nitrogens is 1. The zero-order chi connectivity index (χ0) is 19.4. The van der Waals surface area contributed by atoms with Gasteiger partial charge in [0.2, 0.25) is 5.91 Å². The summed E-state index contributed by atoms with van der Waals surface area (Å²) in [5.74, 6) is 0.863. The van der Waals surface area contributed by atoms with Gasteiger partial charge in [-0.25, -0.2) is 4.79 Å². The van der Waals surface area contributed by atoms with Crippen molar-refractivity contribution in [2.45, 2.75) is 64.2 Å². The van der Waals surface area contributed by atoms with E-state index in [0.717, 1.165) is 19.3 Å². The van der Waals surface area contributed by atoms with E-state index in [0.29, 0.717) is 36.5 Å². The third-order valence-corrected chi connectivity index (χ3v) is 5.10. The molecular weight excluding hydrogens is 352 g/mol. The van der Waals surface area contributed by atoms with Crippen LogP contribution in [0.5, 0.6) is 0 Å². The van der Waals surface area contributed by atoms with E-state index in [1.807, 2.05) is 0 Å². The molecule has 27 heavy (non-hydrogen) atoms. The molecule has 3 rings (SSSR count). The minimum Gasteiger partial charge on any atom is -0.394 e. The Labute approximate surface area is 158 Å². The summed E-state index contributed by atoms with van der Waals surface area (Å²) in [6, 6.07) is -0.667. The Balaban J connectivity index is 1.43. The summed E-state index contributed by atoms with van der Waals surface area (Å²) in [5, 5.41) is 22.0. The van der Waals surface area contributed by atoms with Crippen LogP contribution in [0, 0.1) is 19.8 Å². The van der Waals surface area contributed by atoms with E-state index in [-0.39, 0.29) is 36.6 Å². The lowest BCUT2D eigenvalue weighted by Crippen LogP contribution is -2.52. The summed E-state index contributed by atoms with van der Waals surface area (Å²) >= 11 is 0. The van der Waals surface area contributed by atoms with Gasteiger partial charge < -0.3 is 30.3 Å². The van der Waals surface area contributed by atoms with Crippen molar-refractivity contribution in [3.63, 3.8) is 0 Å². The van der Waals surface area contributed by atoms with Crippen LogP contribution in [0.1, 0.15) is 43.6 Å². The molecule has 1 saturated carbocycles. The molecule has 1 saturated heterocycles. The zero-order valence-electron chi connectivity index (χ0n) is 15.8. The van der Waals surface area contributed by atoms with E-state index in [1.165, 1.54) is 0 Å². The molecule has 1 aliphatic heterocycles. The summed E-state index contributed by atoms with van der Waals surface area (Å²) < 4.78 is 10.9. The first-order valence-corrected chi connectivity index (χ1v) is 9.52.